The van der Waals surface area contributed by atoms with Crippen LogP contribution >= 0.6 is 0 Å². The quantitative estimate of drug-likeness (QED) is 0.101. The van der Waals surface area contributed by atoms with Crippen LogP contribution in [-0.2, 0) is 30.9 Å². The number of likely N-dealkylation sites (tertiary alicyclic amines) is 1. The number of methoxy groups -OCH3 is 1. The third-order valence-corrected chi connectivity index (χ3v) is 12.3. The minimum Gasteiger partial charge on any atom is -0.493 e. The van der Waals surface area contributed by atoms with E-state index < -0.39 is 35.2 Å². The molecular weight excluding hydrogens is 654 g/mol. The molecular formula is C44H61NO7. The molecule has 2 aromatic rings. The Kier molecular flexibility index (Phi) is 13.0. The van der Waals surface area contributed by atoms with Gasteiger partial charge in [0.25, 0.3) is 0 Å². The van der Waals surface area contributed by atoms with Crippen LogP contribution in [0.3, 0.4) is 0 Å². The fraction of sp³-hybridized carbons (Fsp3) is 0.636. The maximum atomic E-state index is 14.0. The van der Waals surface area contributed by atoms with Crippen LogP contribution < -0.4 is 9.47 Å². The van der Waals surface area contributed by atoms with Gasteiger partial charge in [-0.05, 0) is 50.6 Å². The molecule has 1 saturated heterocycles. The standard InChI is InChI=1S/C44H61NO7/c1-4-5-6-7-8-9-10-11-12-13-14-15-16-17-21-24-37(46)51-39(32-22-19-18-20-23-32)42(47)50-35-27-28-44(48)36-31-33-25-26-34(49-3)40-38(33)43(44,41(35)52-40)29-30-45(36)2/h18-20,22-23,25-27,36,39,41,48H,4-17,21,24,28-31H2,1-3H3/t36-,39+,41+,43+,44-/m1/s1. The predicted molar refractivity (Wildman–Crippen MR) is 202 cm³/mol. The van der Waals surface area contributed by atoms with Gasteiger partial charge in [0.2, 0.25) is 6.10 Å². The topological polar surface area (TPSA) is 94.5 Å². The third kappa shape index (κ3) is 7.79. The molecule has 4 aliphatic rings. The van der Waals surface area contributed by atoms with Gasteiger partial charge >= 0.3 is 11.9 Å². The fourth-order valence-corrected chi connectivity index (χ4v) is 9.47. The van der Waals surface area contributed by atoms with Crippen molar-refractivity contribution in [1.29, 1.82) is 0 Å². The van der Waals surface area contributed by atoms with Gasteiger partial charge in [-0.1, -0.05) is 133 Å². The summed E-state index contributed by atoms with van der Waals surface area (Å²) in [6, 6.07) is 12.9. The van der Waals surface area contributed by atoms with Crippen molar-refractivity contribution in [3.05, 3.63) is 71.0 Å². The maximum absolute atomic E-state index is 14.0. The SMILES string of the molecule is CCCCCCCCCCCCCCCCCC(=O)O[C@H](C(=O)OC1=CC[C@@]2(O)[C@H]3Cc4ccc(OC)c5c4[C@@]2(CCN3C)[C@H]1O5)c1ccccc1. The summed E-state index contributed by atoms with van der Waals surface area (Å²) in [5.74, 6) is 0.489. The van der Waals surface area contributed by atoms with E-state index in [1.165, 1.54) is 77.0 Å². The molecule has 2 heterocycles. The van der Waals surface area contributed by atoms with Crippen molar-refractivity contribution in [3.8, 4) is 11.5 Å². The minimum absolute atomic E-state index is 0.106. The van der Waals surface area contributed by atoms with Gasteiger partial charge in [-0.3, -0.25) is 4.79 Å². The molecule has 2 aliphatic heterocycles. The molecule has 6 rings (SSSR count). The fourth-order valence-electron chi connectivity index (χ4n) is 9.47. The molecule has 1 spiro atoms. The number of piperidine rings is 1. The maximum Gasteiger partial charge on any atom is 0.357 e. The van der Waals surface area contributed by atoms with Gasteiger partial charge < -0.3 is 29.0 Å². The average molecular weight is 716 g/mol. The van der Waals surface area contributed by atoms with Crippen LogP contribution in [-0.4, -0.2) is 60.4 Å². The lowest BCUT2D eigenvalue weighted by Gasteiger charge is -2.61. The van der Waals surface area contributed by atoms with Gasteiger partial charge in [0.15, 0.2) is 17.6 Å². The number of nitrogens with zero attached hydrogens (tertiary/aromatic N) is 1. The van der Waals surface area contributed by atoms with Gasteiger partial charge in [0, 0.05) is 30.0 Å². The van der Waals surface area contributed by atoms with E-state index in [-0.39, 0.29) is 12.5 Å². The summed E-state index contributed by atoms with van der Waals surface area (Å²) in [6.07, 6.45) is 20.6. The Balaban J connectivity index is 1.02. The highest BCUT2D eigenvalue weighted by Crippen LogP contribution is 2.65. The summed E-state index contributed by atoms with van der Waals surface area (Å²) in [5.41, 5.74) is 0.754. The Morgan fingerprint density at radius 3 is 2.17 bits per heavy atom. The molecule has 2 aromatic carbocycles. The smallest absolute Gasteiger partial charge is 0.357 e. The largest absolute Gasteiger partial charge is 0.493 e. The van der Waals surface area contributed by atoms with Crippen molar-refractivity contribution >= 4 is 11.9 Å². The number of ether oxygens (including phenoxy) is 4. The molecule has 8 nitrogen and oxygen atoms in total. The van der Waals surface area contributed by atoms with Crippen molar-refractivity contribution in [2.75, 3.05) is 20.7 Å². The van der Waals surface area contributed by atoms with Crippen molar-refractivity contribution in [3.63, 3.8) is 0 Å². The number of rotatable bonds is 21. The second-order valence-electron chi connectivity index (χ2n) is 15.7. The Labute approximate surface area is 311 Å². The summed E-state index contributed by atoms with van der Waals surface area (Å²) in [4.78, 5) is 29.4. The van der Waals surface area contributed by atoms with Gasteiger partial charge in [0.1, 0.15) is 5.76 Å². The van der Waals surface area contributed by atoms with E-state index in [1.54, 1.807) is 25.3 Å². The molecule has 5 atom stereocenters. The molecule has 0 saturated carbocycles. The Bertz CT molecular complexity index is 1540. The van der Waals surface area contributed by atoms with Crippen molar-refractivity contribution < 1.29 is 33.6 Å². The van der Waals surface area contributed by atoms with E-state index >= 15 is 0 Å². The first kappa shape index (κ1) is 38.4. The number of benzene rings is 2. The number of hydrogen-bond donors (Lipinski definition) is 1. The molecule has 1 fully saturated rings. The number of likely N-dealkylation sites (N-methyl/N-ethyl adjacent to an activating group) is 1. The molecule has 52 heavy (non-hydrogen) atoms. The zero-order valence-electron chi connectivity index (χ0n) is 31.8. The average Bonchev–Trinajstić information content (AvgIpc) is 3.51. The number of carbonyl (C=O) groups is 2. The van der Waals surface area contributed by atoms with Crippen LogP contribution in [0.5, 0.6) is 11.5 Å². The highest BCUT2D eigenvalue weighted by Gasteiger charge is 2.72. The first-order valence-electron chi connectivity index (χ1n) is 20.3. The van der Waals surface area contributed by atoms with Crippen LogP contribution in [0.1, 0.15) is 145 Å². The van der Waals surface area contributed by atoms with Crippen molar-refractivity contribution in [2.24, 2.45) is 0 Å². The lowest BCUT2D eigenvalue weighted by atomic mass is 9.50. The van der Waals surface area contributed by atoms with E-state index in [9.17, 15) is 14.7 Å². The molecule has 8 heteroatoms. The van der Waals surface area contributed by atoms with Gasteiger partial charge in [-0.15, -0.1) is 0 Å². The van der Waals surface area contributed by atoms with Gasteiger partial charge in [0.05, 0.1) is 18.1 Å². The van der Waals surface area contributed by atoms with E-state index in [0.717, 1.165) is 36.9 Å². The van der Waals surface area contributed by atoms with Gasteiger partial charge in [-0.25, -0.2) is 4.79 Å². The Morgan fingerprint density at radius 1 is 0.904 bits per heavy atom. The molecule has 0 aromatic heterocycles. The molecule has 0 radical (unpaired) electrons. The van der Waals surface area contributed by atoms with E-state index in [0.29, 0.717) is 42.1 Å². The lowest BCUT2D eigenvalue weighted by Crippen LogP contribution is -2.74. The van der Waals surface area contributed by atoms with E-state index in [1.807, 2.05) is 24.3 Å². The summed E-state index contributed by atoms with van der Waals surface area (Å²) >= 11 is 0. The summed E-state index contributed by atoms with van der Waals surface area (Å²) in [6.45, 7) is 3.04. The monoisotopic (exact) mass is 715 g/mol. The Morgan fingerprint density at radius 2 is 1.54 bits per heavy atom. The van der Waals surface area contributed by atoms with Crippen LogP contribution in [0.15, 0.2) is 54.3 Å². The number of carbonyl (C=O) groups excluding carboxylic acids is 2. The van der Waals surface area contributed by atoms with Crippen LogP contribution in [0.4, 0.5) is 0 Å². The zero-order valence-corrected chi connectivity index (χ0v) is 31.8. The minimum atomic E-state index is -1.21. The van der Waals surface area contributed by atoms with Crippen LogP contribution in [0.2, 0.25) is 0 Å². The highest BCUT2D eigenvalue weighted by molar-refractivity contribution is 5.82. The molecule has 0 amide bonds. The third-order valence-electron chi connectivity index (χ3n) is 12.3. The molecule has 0 unspecified atom stereocenters. The van der Waals surface area contributed by atoms with Gasteiger partial charge in [-0.2, -0.15) is 0 Å². The first-order valence-corrected chi connectivity index (χ1v) is 20.3. The van der Waals surface area contributed by atoms with E-state index in [2.05, 4.69) is 24.9 Å². The lowest BCUT2D eigenvalue weighted by molar-refractivity contribution is -0.176. The number of hydrogen-bond acceptors (Lipinski definition) is 8. The Hall–Kier alpha value is -3.36. The molecule has 1 N–H and O–H groups in total. The number of esters is 2. The summed E-state index contributed by atoms with van der Waals surface area (Å²) in [7, 11) is 3.68. The zero-order chi connectivity index (χ0) is 36.6. The molecule has 2 bridgehead atoms. The first-order chi connectivity index (χ1) is 25.3. The highest BCUT2D eigenvalue weighted by atomic mass is 16.6. The number of aliphatic hydroxyl groups is 1. The summed E-state index contributed by atoms with van der Waals surface area (Å²) < 4.78 is 24.4. The van der Waals surface area contributed by atoms with Crippen molar-refractivity contribution in [1.82, 2.24) is 4.90 Å². The van der Waals surface area contributed by atoms with Crippen LogP contribution in [0, 0.1) is 0 Å². The second kappa shape index (κ2) is 17.6. The predicted octanol–water partition coefficient (Wildman–Crippen LogP) is 9.06. The molecule has 2 aliphatic carbocycles. The van der Waals surface area contributed by atoms with Crippen molar-refractivity contribution in [2.45, 2.75) is 158 Å². The second-order valence-corrected chi connectivity index (χ2v) is 15.7. The normalized spacial score (nSPS) is 24.7. The van der Waals surface area contributed by atoms with E-state index in [4.69, 9.17) is 18.9 Å². The molecule has 284 valence electrons. The van der Waals surface area contributed by atoms with Crippen LogP contribution in [0.25, 0.3) is 0 Å². The number of unbranched alkanes of at least 4 members (excludes halogenated alkanes) is 14. The summed E-state index contributed by atoms with van der Waals surface area (Å²) in [5, 5.41) is 12.5.